The highest BCUT2D eigenvalue weighted by Gasteiger charge is 2.31. The summed E-state index contributed by atoms with van der Waals surface area (Å²) in [4.78, 5) is 2.58. The zero-order valence-corrected chi connectivity index (χ0v) is 12.9. The van der Waals surface area contributed by atoms with E-state index in [-0.39, 0.29) is 0 Å². The third kappa shape index (κ3) is 3.03. The van der Waals surface area contributed by atoms with Gasteiger partial charge in [-0.05, 0) is 31.2 Å². The Kier molecular flexibility index (Phi) is 4.80. The van der Waals surface area contributed by atoms with Crippen molar-refractivity contribution in [3.63, 3.8) is 0 Å². The Labute approximate surface area is 121 Å². The third-order valence-corrected chi connectivity index (χ3v) is 5.89. The molecule has 1 aliphatic heterocycles. The maximum Gasteiger partial charge on any atom is 0.243 e. The van der Waals surface area contributed by atoms with Crippen LogP contribution in [0.1, 0.15) is 18.9 Å². The quantitative estimate of drug-likeness (QED) is 0.895. The van der Waals surface area contributed by atoms with Gasteiger partial charge in [-0.2, -0.15) is 4.31 Å². The van der Waals surface area contributed by atoms with Gasteiger partial charge >= 0.3 is 0 Å². The minimum absolute atomic E-state index is 0.293. The highest BCUT2D eigenvalue weighted by molar-refractivity contribution is 7.89. The fourth-order valence-corrected chi connectivity index (χ4v) is 3.99. The molecule has 1 fully saturated rings. The van der Waals surface area contributed by atoms with E-state index in [1.165, 1.54) is 0 Å². The van der Waals surface area contributed by atoms with Crippen molar-refractivity contribution in [1.29, 1.82) is 0 Å². The van der Waals surface area contributed by atoms with Crippen LogP contribution in [0.5, 0.6) is 0 Å². The van der Waals surface area contributed by atoms with E-state index in [1.54, 1.807) is 28.6 Å². The molecule has 1 saturated heterocycles. The number of sulfonamides is 1. The number of rotatable bonds is 4. The minimum Gasteiger partial charge on any atom is -0.326 e. The second kappa shape index (κ2) is 6.22. The first-order chi connectivity index (χ1) is 9.48. The highest BCUT2D eigenvalue weighted by atomic mass is 32.2. The first-order valence-corrected chi connectivity index (χ1v) is 8.42. The molecule has 1 aromatic carbocycles. The van der Waals surface area contributed by atoms with E-state index in [4.69, 9.17) is 5.73 Å². The van der Waals surface area contributed by atoms with Gasteiger partial charge in [-0.25, -0.2) is 8.42 Å². The monoisotopic (exact) mass is 297 g/mol. The van der Waals surface area contributed by atoms with Gasteiger partial charge < -0.3 is 10.6 Å². The normalized spacial score (nSPS) is 22.1. The van der Waals surface area contributed by atoms with Gasteiger partial charge in [-0.1, -0.05) is 19.1 Å². The Balaban J connectivity index is 2.21. The second-order valence-corrected chi connectivity index (χ2v) is 7.19. The third-order valence-electron chi connectivity index (χ3n) is 4.01. The summed E-state index contributed by atoms with van der Waals surface area (Å²) in [7, 11) is -1.34. The lowest BCUT2D eigenvalue weighted by Gasteiger charge is -2.38. The molecule has 0 saturated carbocycles. The van der Waals surface area contributed by atoms with Crippen molar-refractivity contribution in [2.24, 2.45) is 5.73 Å². The lowest BCUT2D eigenvalue weighted by Crippen LogP contribution is -2.52. The molecule has 1 aliphatic rings. The molecule has 0 bridgehead atoms. The van der Waals surface area contributed by atoms with Crippen molar-refractivity contribution in [3.8, 4) is 0 Å². The van der Waals surface area contributed by atoms with E-state index in [0.29, 0.717) is 30.6 Å². The average Bonchev–Trinajstić information content (AvgIpc) is 2.47. The first-order valence-electron chi connectivity index (χ1n) is 6.98. The van der Waals surface area contributed by atoms with Crippen LogP contribution in [0.3, 0.4) is 0 Å². The highest BCUT2D eigenvalue weighted by Crippen LogP contribution is 2.20. The van der Waals surface area contributed by atoms with E-state index in [2.05, 4.69) is 11.8 Å². The van der Waals surface area contributed by atoms with E-state index in [1.807, 2.05) is 7.05 Å². The zero-order chi connectivity index (χ0) is 14.8. The van der Waals surface area contributed by atoms with Crippen molar-refractivity contribution in [2.45, 2.75) is 30.8 Å². The number of nitrogens with zero attached hydrogens (tertiary/aromatic N) is 2. The van der Waals surface area contributed by atoms with Crippen LogP contribution < -0.4 is 5.73 Å². The van der Waals surface area contributed by atoms with Gasteiger partial charge in [0, 0.05) is 32.2 Å². The lowest BCUT2D eigenvalue weighted by atomic mass is 10.1. The Morgan fingerprint density at radius 2 is 1.90 bits per heavy atom. The number of piperazine rings is 1. The topological polar surface area (TPSA) is 66.6 Å². The summed E-state index contributed by atoms with van der Waals surface area (Å²) in [5.41, 5.74) is 6.48. The van der Waals surface area contributed by atoms with Crippen LogP contribution >= 0.6 is 0 Å². The molecule has 0 radical (unpaired) electrons. The van der Waals surface area contributed by atoms with E-state index in [0.717, 1.165) is 18.5 Å². The molecule has 1 aromatic rings. The van der Waals surface area contributed by atoms with Gasteiger partial charge in [0.1, 0.15) is 0 Å². The molecule has 5 nitrogen and oxygen atoms in total. The molecule has 0 aliphatic carbocycles. The summed E-state index contributed by atoms with van der Waals surface area (Å²) >= 11 is 0. The largest absolute Gasteiger partial charge is 0.326 e. The molecule has 2 N–H and O–H groups in total. The predicted octanol–water partition coefficient (Wildman–Crippen LogP) is 0.860. The van der Waals surface area contributed by atoms with Crippen molar-refractivity contribution < 1.29 is 8.42 Å². The van der Waals surface area contributed by atoms with Crippen LogP contribution in [-0.4, -0.2) is 50.3 Å². The van der Waals surface area contributed by atoms with E-state index < -0.39 is 10.0 Å². The predicted molar refractivity (Wildman–Crippen MR) is 79.8 cm³/mol. The second-order valence-electron chi connectivity index (χ2n) is 5.25. The van der Waals surface area contributed by atoms with Crippen LogP contribution in [0.15, 0.2) is 29.2 Å². The molecule has 0 aromatic heterocycles. The van der Waals surface area contributed by atoms with Crippen LogP contribution in [0, 0.1) is 0 Å². The summed E-state index contributed by atoms with van der Waals surface area (Å²) < 4.78 is 26.9. The molecule has 1 atom stereocenters. The molecule has 0 amide bonds. The Morgan fingerprint density at radius 1 is 1.25 bits per heavy atom. The van der Waals surface area contributed by atoms with Gasteiger partial charge in [0.05, 0.1) is 4.90 Å². The fourth-order valence-electron chi connectivity index (χ4n) is 2.52. The molecular formula is C14H23N3O2S. The fraction of sp³-hybridized carbons (Fsp3) is 0.571. The molecule has 20 heavy (non-hydrogen) atoms. The molecule has 2 rings (SSSR count). The molecule has 112 valence electrons. The van der Waals surface area contributed by atoms with Crippen molar-refractivity contribution in [2.75, 3.05) is 26.7 Å². The number of hydrogen-bond acceptors (Lipinski definition) is 4. The van der Waals surface area contributed by atoms with Gasteiger partial charge in [0.15, 0.2) is 0 Å². The lowest BCUT2D eigenvalue weighted by molar-refractivity contribution is 0.144. The summed E-state index contributed by atoms with van der Waals surface area (Å²) in [6, 6.07) is 7.15. The summed E-state index contributed by atoms with van der Waals surface area (Å²) in [5.74, 6) is 0. The number of benzene rings is 1. The first kappa shape index (κ1) is 15.4. The molecule has 0 spiro atoms. The van der Waals surface area contributed by atoms with E-state index in [9.17, 15) is 8.42 Å². The van der Waals surface area contributed by atoms with Crippen LogP contribution in [0.4, 0.5) is 0 Å². The van der Waals surface area contributed by atoms with Gasteiger partial charge in [-0.3, -0.25) is 0 Å². The SMILES string of the molecule is CCC1CN(S(=O)(=O)c2ccc(CN)cc2)CCN1C. The number of likely N-dealkylation sites (N-methyl/N-ethyl adjacent to an activating group) is 1. The van der Waals surface area contributed by atoms with Gasteiger partial charge in [0.2, 0.25) is 10.0 Å². The van der Waals surface area contributed by atoms with Crippen molar-refractivity contribution in [3.05, 3.63) is 29.8 Å². The summed E-state index contributed by atoms with van der Waals surface area (Å²) in [5, 5.41) is 0. The molecule has 6 heteroatoms. The van der Waals surface area contributed by atoms with Crippen molar-refractivity contribution in [1.82, 2.24) is 9.21 Å². The maximum absolute atomic E-state index is 12.6. The minimum atomic E-state index is -3.39. The van der Waals surface area contributed by atoms with Crippen LogP contribution in [-0.2, 0) is 16.6 Å². The van der Waals surface area contributed by atoms with Crippen LogP contribution in [0.25, 0.3) is 0 Å². The molecular weight excluding hydrogens is 274 g/mol. The average molecular weight is 297 g/mol. The Bertz CT molecular complexity index is 542. The summed E-state index contributed by atoms with van der Waals surface area (Å²) in [6.07, 6.45) is 0.953. The maximum atomic E-state index is 12.6. The van der Waals surface area contributed by atoms with E-state index >= 15 is 0 Å². The number of hydrogen-bond donors (Lipinski definition) is 1. The Morgan fingerprint density at radius 3 is 2.45 bits per heavy atom. The standard InChI is InChI=1S/C14H23N3O2S/c1-3-13-11-17(9-8-16(13)2)20(18,19)14-6-4-12(10-15)5-7-14/h4-7,13H,3,8-11,15H2,1-2H3. The summed E-state index contributed by atoms with van der Waals surface area (Å²) in [6.45, 7) is 4.40. The molecule has 1 unspecified atom stereocenters. The smallest absolute Gasteiger partial charge is 0.243 e. The molecule has 1 heterocycles. The Hall–Kier alpha value is -0.950. The zero-order valence-electron chi connectivity index (χ0n) is 12.1. The van der Waals surface area contributed by atoms with Gasteiger partial charge in [-0.15, -0.1) is 0 Å². The van der Waals surface area contributed by atoms with Crippen LogP contribution in [0.2, 0.25) is 0 Å². The van der Waals surface area contributed by atoms with Crippen molar-refractivity contribution >= 4 is 10.0 Å². The number of nitrogens with two attached hydrogens (primary N) is 1. The van der Waals surface area contributed by atoms with Gasteiger partial charge in [0.25, 0.3) is 0 Å².